The minimum Gasteiger partial charge on any atom is -0.493 e. The number of amides is 4. The lowest BCUT2D eigenvalue weighted by Crippen LogP contribution is -2.64. The van der Waals surface area contributed by atoms with Gasteiger partial charge in [-0.25, -0.2) is 14.6 Å². The number of alkyl carbamates (subject to hydrolysis) is 2. The highest BCUT2D eigenvalue weighted by molar-refractivity contribution is 5.88. The Morgan fingerprint density at radius 3 is 1.98 bits per heavy atom. The largest absolute Gasteiger partial charge is 0.493 e. The van der Waals surface area contributed by atoms with Gasteiger partial charge in [0.25, 0.3) is 11.8 Å². The van der Waals surface area contributed by atoms with E-state index < -0.39 is 47.7 Å². The molecule has 0 saturated carbocycles. The van der Waals surface area contributed by atoms with Crippen LogP contribution in [-0.2, 0) is 38.6 Å². The molecule has 15 nitrogen and oxygen atoms in total. The van der Waals surface area contributed by atoms with Crippen LogP contribution in [0.4, 0.5) is 9.59 Å². The zero-order chi connectivity index (χ0) is 40.5. The van der Waals surface area contributed by atoms with Gasteiger partial charge in [-0.05, 0) is 59.7 Å². The van der Waals surface area contributed by atoms with Crippen LogP contribution in [0.25, 0.3) is 0 Å². The zero-order valence-electron chi connectivity index (χ0n) is 32.8. The van der Waals surface area contributed by atoms with Crippen molar-refractivity contribution in [3.8, 4) is 17.2 Å². The second-order valence-corrected chi connectivity index (χ2v) is 13.6. The van der Waals surface area contributed by atoms with E-state index in [2.05, 4.69) is 26.1 Å². The van der Waals surface area contributed by atoms with Gasteiger partial charge < -0.3 is 39.4 Å². The van der Waals surface area contributed by atoms with Crippen LogP contribution in [0.5, 0.6) is 17.2 Å². The Kier molecular flexibility index (Phi) is 17.0. The second kappa shape index (κ2) is 21.4. The Morgan fingerprint density at radius 1 is 0.764 bits per heavy atom. The molecular weight excluding hydrogens is 710 g/mol. The SMILES string of the molecule is COC(=O)N[C@H](C(=O)NN(Cc1ccc(OCc2ccc(OC)c(OC)c2)cc1)C[C@H](CCc1ccccc1)NC(=O)[C@@](O)(NC(=O)OC)C(C)C)C(C)C. The number of carbonyl (C=O) groups is 4. The number of ether oxygens (including phenoxy) is 5. The minimum atomic E-state index is -2.30. The summed E-state index contributed by atoms with van der Waals surface area (Å²) < 4.78 is 26.2. The van der Waals surface area contributed by atoms with Crippen molar-refractivity contribution in [2.75, 3.05) is 35.0 Å². The summed E-state index contributed by atoms with van der Waals surface area (Å²) in [6.07, 6.45) is -0.799. The smallest absolute Gasteiger partial charge is 0.409 e. The summed E-state index contributed by atoms with van der Waals surface area (Å²) in [6, 6.07) is 20.9. The molecule has 4 amide bonds. The number of rotatable bonds is 20. The Hall–Kier alpha value is -5.54. The zero-order valence-corrected chi connectivity index (χ0v) is 32.8. The predicted octanol–water partition coefficient (Wildman–Crippen LogP) is 4.31. The summed E-state index contributed by atoms with van der Waals surface area (Å²) >= 11 is 0. The van der Waals surface area contributed by atoms with Gasteiger partial charge in [0.1, 0.15) is 18.4 Å². The quantitative estimate of drug-likeness (QED) is 0.0816. The molecule has 0 saturated heterocycles. The summed E-state index contributed by atoms with van der Waals surface area (Å²) in [5, 5.41) is 20.7. The number of aliphatic hydroxyl groups is 1. The number of hydrogen-bond acceptors (Lipinski definition) is 11. The molecule has 5 N–H and O–H groups in total. The monoisotopic (exact) mass is 765 g/mol. The molecule has 0 aromatic heterocycles. The summed E-state index contributed by atoms with van der Waals surface area (Å²) in [7, 11) is 5.49. The summed E-state index contributed by atoms with van der Waals surface area (Å²) in [6.45, 7) is 7.27. The average molecular weight is 766 g/mol. The predicted molar refractivity (Wildman–Crippen MR) is 205 cm³/mol. The average Bonchev–Trinajstić information content (AvgIpc) is 3.18. The van der Waals surface area contributed by atoms with Crippen LogP contribution in [0.15, 0.2) is 72.8 Å². The Labute approximate surface area is 323 Å². The molecule has 0 spiro atoms. The highest BCUT2D eigenvalue weighted by atomic mass is 16.5. The van der Waals surface area contributed by atoms with Gasteiger partial charge in [-0.1, -0.05) is 76.2 Å². The third-order valence-electron chi connectivity index (χ3n) is 8.89. The van der Waals surface area contributed by atoms with Crippen LogP contribution in [0.1, 0.15) is 50.8 Å². The number of carbonyl (C=O) groups excluding carboxylic acids is 4. The van der Waals surface area contributed by atoms with Gasteiger partial charge in [-0.2, -0.15) is 0 Å². The Bertz CT molecular complexity index is 1690. The Morgan fingerprint density at radius 2 is 1.40 bits per heavy atom. The molecule has 15 heteroatoms. The fourth-order valence-corrected chi connectivity index (χ4v) is 5.57. The van der Waals surface area contributed by atoms with E-state index in [1.54, 1.807) is 46.9 Å². The van der Waals surface area contributed by atoms with Crippen LogP contribution in [-0.4, -0.2) is 86.9 Å². The number of hydrogen-bond donors (Lipinski definition) is 5. The normalized spacial score (nSPS) is 13.2. The van der Waals surface area contributed by atoms with E-state index >= 15 is 0 Å². The van der Waals surface area contributed by atoms with Crippen molar-refractivity contribution in [2.45, 2.75) is 71.5 Å². The standard InChI is InChI=1S/C40H55N5O10/c1-26(2)35(42-38(48)53-7)36(46)44-45(23-29-15-19-32(20-16-29)55-25-30-17-21-33(51-5)34(22-30)52-6)24-31(18-14-28-12-10-9-11-13-28)41-37(47)40(50,27(3)4)43-39(49)54-8/h9-13,15-17,19-22,26-27,31,35,50H,14,18,23-25H2,1-8H3,(H,41,47)(H,42,48)(H,43,49)(H,44,46)/t31-,35-,40+/m0/s1. The van der Waals surface area contributed by atoms with E-state index in [1.165, 1.54) is 7.11 Å². The van der Waals surface area contributed by atoms with Crippen LogP contribution in [0, 0.1) is 11.8 Å². The van der Waals surface area contributed by atoms with Gasteiger partial charge in [0.2, 0.25) is 5.72 Å². The van der Waals surface area contributed by atoms with E-state index in [4.69, 9.17) is 18.9 Å². The first-order valence-electron chi connectivity index (χ1n) is 18.0. The number of nitrogens with one attached hydrogen (secondary N) is 4. The number of hydrazine groups is 1. The van der Waals surface area contributed by atoms with Gasteiger partial charge >= 0.3 is 12.2 Å². The van der Waals surface area contributed by atoms with Crippen molar-refractivity contribution in [1.29, 1.82) is 0 Å². The maximum Gasteiger partial charge on any atom is 0.409 e. The van der Waals surface area contributed by atoms with Crippen LogP contribution >= 0.6 is 0 Å². The molecule has 3 aromatic carbocycles. The third-order valence-corrected chi connectivity index (χ3v) is 8.89. The molecule has 0 aliphatic rings. The topological polar surface area (TPSA) is 186 Å². The van der Waals surface area contributed by atoms with Crippen molar-refractivity contribution in [2.24, 2.45) is 11.8 Å². The van der Waals surface area contributed by atoms with Gasteiger partial charge in [0.15, 0.2) is 11.5 Å². The number of nitrogens with zero attached hydrogens (tertiary/aromatic N) is 1. The first-order valence-corrected chi connectivity index (χ1v) is 18.0. The molecule has 55 heavy (non-hydrogen) atoms. The van der Waals surface area contributed by atoms with Gasteiger partial charge in [0.05, 0.1) is 28.4 Å². The fourth-order valence-electron chi connectivity index (χ4n) is 5.57. The van der Waals surface area contributed by atoms with Crippen molar-refractivity contribution in [1.82, 2.24) is 26.4 Å². The van der Waals surface area contributed by atoms with Gasteiger partial charge in [-0.15, -0.1) is 0 Å². The highest BCUT2D eigenvalue weighted by Gasteiger charge is 2.42. The molecule has 0 fully saturated rings. The molecule has 3 atom stereocenters. The van der Waals surface area contributed by atoms with Crippen LogP contribution < -0.4 is 35.6 Å². The molecule has 300 valence electrons. The summed E-state index contributed by atoms with van der Waals surface area (Å²) in [5.74, 6) is -0.578. The fraction of sp³-hybridized carbons (Fsp3) is 0.450. The van der Waals surface area contributed by atoms with E-state index in [0.717, 1.165) is 23.8 Å². The van der Waals surface area contributed by atoms with E-state index in [0.29, 0.717) is 30.1 Å². The maximum absolute atomic E-state index is 13.7. The van der Waals surface area contributed by atoms with Crippen molar-refractivity contribution in [3.63, 3.8) is 0 Å². The lowest BCUT2D eigenvalue weighted by molar-refractivity contribution is -0.149. The van der Waals surface area contributed by atoms with Crippen molar-refractivity contribution < 1.29 is 48.0 Å². The van der Waals surface area contributed by atoms with Crippen LogP contribution in [0.2, 0.25) is 0 Å². The molecule has 0 heterocycles. The summed E-state index contributed by atoms with van der Waals surface area (Å²) in [4.78, 5) is 51.8. The molecule has 0 aliphatic carbocycles. The second-order valence-electron chi connectivity index (χ2n) is 13.6. The number of methoxy groups -OCH3 is 4. The third kappa shape index (κ3) is 13.4. The Balaban J connectivity index is 1.90. The molecule has 0 aliphatic heterocycles. The van der Waals surface area contributed by atoms with Crippen molar-refractivity contribution >= 4 is 24.0 Å². The molecule has 3 aromatic rings. The summed E-state index contributed by atoms with van der Waals surface area (Å²) in [5.41, 5.74) is 3.31. The minimum absolute atomic E-state index is 0.0668. The van der Waals surface area contributed by atoms with E-state index in [9.17, 15) is 24.3 Å². The lowest BCUT2D eigenvalue weighted by atomic mass is 9.97. The van der Waals surface area contributed by atoms with Gasteiger partial charge in [0, 0.05) is 25.0 Å². The van der Waals surface area contributed by atoms with Gasteiger partial charge in [-0.3, -0.25) is 20.3 Å². The van der Waals surface area contributed by atoms with E-state index in [1.807, 2.05) is 72.8 Å². The van der Waals surface area contributed by atoms with E-state index in [-0.39, 0.29) is 25.6 Å². The maximum atomic E-state index is 13.7. The molecular formula is C40H55N5O10. The molecule has 0 unspecified atom stereocenters. The number of benzene rings is 3. The molecule has 0 radical (unpaired) electrons. The molecule has 0 bridgehead atoms. The van der Waals surface area contributed by atoms with Crippen molar-refractivity contribution in [3.05, 3.63) is 89.5 Å². The van der Waals surface area contributed by atoms with Crippen LogP contribution in [0.3, 0.4) is 0 Å². The first-order chi connectivity index (χ1) is 26.2. The molecule has 3 rings (SSSR count). The first kappa shape index (κ1) is 43.9. The lowest BCUT2D eigenvalue weighted by Gasteiger charge is -2.35. The number of aryl methyl sites for hydroxylation is 1. The highest BCUT2D eigenvalue weighted by Crippen LogP contribution is 2.28.